The van der Waals surface area contributed by atoms with Crippen molar-refractivity contribution >= 4 is 45.6 Å². The van der Waals surface area contributed by atoms with Crippen LogP contribution in [0.1, 0.15) is 21.5 Å². The van der Waals surface area contributed by atoms with Gasteiger partial charge in [-0.1, -0.05) is 47.0 Å². The molecule has 0 atom stereocenters. The lowest BCUT2D eigenvalue weighted by Crippen LogP contribution is -2.13. The Morgan fingerprint density at radius 3 is 2.62 bits per heavy atom. The van der Waals surface area contributed by atoms with Gasteiger partial charge in [-0.05, 0) is 37.6 Å². The predicted molar refractivity (Wildman–Crippen MR) is 101 cm³/mol. The van der Waals surface area contributed by atoms with Crippen molar-refractivity contribution < 1.29 is 4.79 Å². The highest BCUT2D eigenvalue weighted by Crippen LogP contribution is 2.30. The molecule has 0 aliphatic carbocycles. The van der Waals surface area contributed by atoms with Crippen LogP contribution in [0.25, 0.3) is 11.3 Å². The summed E-state index contributed by atoms with van der Waals surface area (Å²) in [5.41, 5.74) is 4.23. The van der Waals surface area contributed by atoms with E-state index in [0.717, 1.165) is 22.4 Å². The van der Waals surface area contributed by atoms with Gasteiger partial charge < -0.3 is 0 Å². The van der Waals surface area contributed by atoms with Crippen LogP contribution in [-0.4, -0.2) is 10.9 Å². The molecule has 0 saturated heterocycles. The number of nitrogens with one attached hydrogen (secondary N) is 1. The summed E-state index contributed by atoms with van der Waals surface area (Å²) < 4.78 is 0. The Balaban J connectivity index is 1.82. The Labute approximate surface area is 154 Å². The van der Waals surface area contributed by atoms with E-state index in [-0.39, 0.29) is 5.91 Å². The number of nitrogens with zero attached hydrogens (tertiary/aromatic N) is 1. The van der Waals surface area contributed by atoms with Gasteiger partial charge in [-0.2, -0.15) is 0 Å². The van der Waals surface area contributed by atoms with Gasteiger partial charge in [-0.3, -0.25) is 10.1 Å². The molecule has 0 unspecified atom stereocenters. The van der Waals surface area contributed by atoms with Crippen LogP contribution >= 0.6 is 34.5 Å². The van der Waals surface area contributed by atoms with E-state index in [1.165, 1.54) is 11.3 Å². The predicted octanol–water partition coefficient (Wildman–Crippen LogP) is 5.99. The largest absolute Gasteiger partial charge is 0.298 e. The second-order valence-electron chi connectivity index (χ2n) is 5.44. The number of benzene rings is 2. The number of amides is 1. The summed E-state index contributed by atoms with van der Waals surface area (Å²) in [6, 6.07) is 11.1. The Hall–Kier alpha value is -1.88. The highest BCUT2D eigenvalue weighted by atomic mass is 35.5. The van der Waals surface area contributed by atoms with E-state index < -0.39 is 0 Å². The molecular formula is C18H14Cl2N2OS. The third-order valence-corrected chi connectivity index (χ3v) is 5.07. The number of aromatic nitrogens is 1. The summed E-state index contributed by atoms with van der Waals surface area (Å²) in [5.74, 6) is -0.161. The fourth-order valence-corrected chi connectivity index (χ4v) is 3.28. The summed E-state index contributed by atoms with van der Waals surface area (Å²) >= 11 is 13.3. The third-order valence-electron chi connectivity index (χ3n) is 3.58. The summed E-state index contributed by atoms with van der Waals surface area (Å²) in [5, 5.41) is 6.24. The molecule has 0 aliphatic heterocycles. The lowest BCUT2D eigenvalue weighted by molar-refractivity contribution is 0.102. The Morgan fingerprint density at radius 2 is 1.88 bits per heavy atom. The Morgan fingerprint density at radius 1 is 1.08 bits per heavy atom. The van der Waals surface area contributed by atoms with Crippen LogP contribution in [-0.2, 0) is 0 Å². The number of hydrogen-bond acceptors (Lipinski definition) is 3. The zero-order valence-electron chi connectivity index (χ0n) is 13.1. The molecule has 0 aliphatic rings. The molecule has 2 aromatic carbocycles. The smallest absolute Gasteiger partial charge is 0.257 e. The molecule has 3 aromatic rings. The summed E-state index contributed by atoms with van der Waals surface area (Å²) in [7, 11) is 0. The molecule has 1 heterocycles. The maximum absolute atomic E-state index is 12.4. The zero-order valence-corrected chi connectivity index (χ0v) is 15.4. The molecule has 0 fully saturated rings. The van der Waals surface area contributed by atoms with Crippen molar-refractivity contribution in [2.24, 2.45) is 0 Å². The van der Waals surface area contributed by atoms with Gasteiger partial charge in [0.25, 0.3) is 5.91 Å². The van der Waals surface area contributed by atoms with E-state index in [2.05, 4.69) is 10.3 Å². The second-order valence-corrected chi connectivity index (χ2v) is 7.11. The minimum atomic E-state index is -0.161. The number of carbonyl (C=O) groups is 1. The minimum absolute atomic E-state index is 0.161. The molecule has 1 N–H and O–H groups in total. The molecule has 1 amide bonds. The molecule has 0 bridgehead atoms. The molecule has 3 nitrogen and oxygen atoms in total. The molecule has 0 saturated carbocycles. The number of aryl methyl sites for hydroxylation is 2. The first-order chi connectivity index (χ1) is 11.4. The quantitative estimate of drug-likeness (QED) is 0.610. The van der Waals surface area contributed by atoms with Crippen LogP contribution < -0.4 is 5.32 Å². The van der Waals surface area contributed by atoms with E-state index >= 15 is 0 Å². The van der Waals surface area contributed by atoms with E-state index in [4.69, 9.17) is 23.2 Å². The lowest BCUT2D eigenvalue weighted by atomic mass is 10.1. The van der Waals surface area contributed by atoms with E-state index in [1.807, 2.05) is 43.5 Å². The van der Waals surface area contributed by atoms with Gasteiger partial charge in [-0.15, -0.1) is 11.3 Å². The highest BCUT2D eigenvalue weighted by Gasteiger charge is 2.13. The second kappa shape index (κ2) is 6.93. The van der Waals surface area contributed by atoms with Gasteiger partial charge in [0.15, 0.2) is 5.13 Å². The number of anilines is 1. The van der Waals surface area contributed by atoms with Crippen molar-refractivity contribution in [3.05, 3.63) is 68.5 Å². The van der Waals surface area contributed by atoms with Gasteiger partial charge in [0.1, 0.15) is 0 Å². The molecule has 1 aromatic heterocycles. The Bertz CT molecular complexity index is 921. The number of hydrogen-bond donors (Lipinski definition) is 1. The van der Waals surface area contributed by atoms with Crippen molar-refractivity contribution in [2.45, 2.75) is 13.8 Å². The standard InChI is InChI=1S/C18H14Cl2N2OS/c1-10-3-4-11(2)13(7-10)17(23)22-18-21-16(9-24-18)12-5-6-14(19)15(20)8-12/h3-9H,1-2H3,(H,21,22,23). The average molecular weight is 377 g/mol. The monoisotopic (exact) mass is 376 g/mol. The first-order valence-electron chi connectivity index (χ1n) is 7.23. The summed E-state index contributed by atoms with van der Waals surface area (Å²) in [6.45, 7) is 3.87. The van der Waals surface area contributed by atoms with Crippen LogP contribution in [0.4, 0.5) is 5.13 Å². The van der Waals surface area contributed by atoms with Crippen LogP contribution in [0.15, 0.2) is 41.8 Å². The zero-order chi connectivity index (χ0) is 17.3. The minimum Gasteiger partial charge on any atom is -0.298 e. The average Bonchev–Trinajstić information content (AvgIpc) is 3.00. The molecule has 0 spiro atoms. The SMILES string of the molecule is Cc1ccc(C)c(C(=O)Nc2nc(-c3ccc(Cl)c(Cl)c3)cs2)c1. The van der Waals surface area contributed by atoms with Crippen molar-refractivity contribution in [1.82, 2.24) is 4.98 Å². The molecule has 122 valence electrons. The molecule has 0 radical (unpaired) electrons. The number of rotatable bonds is 3. The molecule has 3 rings (SSSR count). The van der Waals surface area contributed by atoms with Gasteiger partial charge in [0.05, 0.1) is 15.7 Å². The van der Waals surface area contributed by atoms with Gasteiger partial charge in [0.2, 0.25) is 0 Å². The van der Waals surface area contributed by atoms with Gasteiger partial charge >= 0.3 is 0 Å². The summed E-state index contributed by atoms with van der Waals surface area (Å²) in [6.07, 6.45) is 0. The topological polar surface area (TPSA) is 42.0 Å². The van der Waals surface area contributed by atoms with Crippen LogP contribution in [0.3, 0.4) is 0 Å². The fourth-order valence-electron chi connectivity index (χ4n) is 2.26. The van der Waals surface area contributed by atoms with Gasteiger partial charge in [0, 0.05) is 16.5 Å². The van der Waals surface area contributed by atoms with Crippen molar-refractivity contribution in [2.75, 3.05) is 5.32 Å². The lowest BCUT2D eigenvalue weighted by Gasteiger charge is -2.06. The molecular weight excluding hydrogens is 363 g/mol. The Kier molecular flexibility index (Phi) is 4.90. The summed E-state index contributed by atoms with van der Waals surface area (Å²) in [4.78, 5) is 16.9. The van der Waals surface area contributed by atoms with Gasteiger partial charge in [-0.25, -0.2) is 4.98 Å². The normalized spacial score (nSPS) is 10.7. The van der Waals surface area contributed by atoms with Crippen LogP contribution in [0.2, 0.25) is 10.0 Å². The number of halogens is 2. The van der Waals surface area contributed by atoms with Crippen molar-refractivity contribution in [3.63, 3.8) is 0 Å². The highest BCUT2D eigenvalue weighted by molar-refractivity contribution is 7.14. The van der Waals surface area contributed by atoms with E-state index in [0.29, 0.717) is 20.7 Å². The first kappa shape index (κ1) is 17.0. The fraction of sp³-hybridized carbons (Fsp3) is 0.111. The first-order valence-corrected chi connectivity index (χ1v) is 8.87. The van der Waals surface area contributed by atoms with E-state index in [1.54, 1.807) is 12.1 Å². The maximum atomic E-state index is 12.4. The number of thiazole rings is 1. The maximum Gasteiger partial charge on any atom is 0.257 e. The van der Waals surface area contributed by atoms with Crippen molar-refractivity contribution in [1.29, 1.82) is 0 Å². The van der Waals surface area contributed by atoms with Crippen LogP contribution in [0.5, 0.6) is 0 Å². The number of carbonyl (C=O) groups excluding carboxylic acids is 1. The van der Waals surface area contributed by atoms with Crippen LogP contribution in [0, 0.1) is 13.8 Å². The molecule has 6 heteroatoms. The van der Waals surface area contributed by atoms with Crippen molar-refractivity contribution in [3.8, 4) is 11.3 Å². The molecule has 24 heavy (non-hydrogen) atoms. The van der Waals surface area contributed by atoms with E-state index in [9.17, 15) is 4.79 Å². The third kappa shape index (κ3) is 3.61.